The lowest BCUT2D eigenvalue weighted by atomic mass is 10.1. The summed E-state index contributed by atoms with van der Waals surface area (Å²) < 4.78 is 19.7. The number of carbonyl (C=O) groups excluding carboxylic acids is 1. The first-order valence-corrected chi connectivity index (χ1v) is 10.2. The second-order valence-corrected chi connectivity index (χ2v) is 7.48. The number of carboxylic acids is 1. The van der Waals surface area contributed by atoms with E-state index in [4.69, 9.17) is 9.84 Å². The normalized spacial score (nSPS) is 15.0. The van der Waals surface area contributed by atoms with Gasteiger partial charge in [0.2, 0.25) is 0 Å². The van der Waals surface area contributed by atoms with Gasteiger partial charge in [0.1, 0.15) is 23.0 Å². The first-order valence-electron chi connectivity index (χ1n) is 10.2. The lowest BCUT2D eigenvalue weighted by molar-refractivity contribution is 0.0691. The van der Waals surface area contributed by atoms with Crippen molar-refractivity contribution in [2.75, 3.05) is 5.32 Å². The fourth-order valence-electron chi connectivity index (χ4n) is 3.28. The molecule has 1 atom stereocenters. The van der Waals surface area contributed by atoms with E-state index >= 15 is 0 Å². The minimum Gasteiger partial charge on any atom is -0.477 e. The number of aromatic carboxylic acids is 1. The van der Waals surface area contributed by atoms with Crippen LogP contribution in [0, 0.1) is 12.7 Å². The number of aromatic nitrogens is 2. The Hall–Kier alpha value is -4.40. The van der Waals surface area contributed by atoms with Crippen LogP contribution in [-0.4, -0.2) is 33.1 Å². The third-order valence-electron chi connectivity index (χ3n) is 4.93. The summed E-state index contributed by atoms with van der Waals surface area (Å²) in [7, 11) is 0. The van der Waals surface area contributed by atoms with Gasteiger partial charge in [-0.05, 0) is 55.3 Å². The van der Waals surface area contributed by atoms with E-state index in [1.165, 1.54) is 12.1 Å². The lowest BCUT2D eigenvalue weighted by Gasteiger charge is -2.19. The van der Waals surface area contributed by atoms with Gasteiger partial charge in [0.25, 0.3) is 0 Å². The Balaban J connectivity index is 1.34. The molecule has 168 valence electrons. The first kappa shape index (κ1) is 21.8. The molecule has 8 nitrogen and oxygen atoms in total. The standard InChI is InChI=1S/C24H21FN4O4/c1-14-2-7-19(25)21(10-14)29-24(32)28-16-3-5-17(6-4-16)33-18-8-9-26-20(12-18)15-11-22(23(30)31)27-13-15/h2-3,5-13,16,27H,4H2,1H3,(H,30,31)(H2,28,29,32). The van der Waals surface area contributed by atoms with Gasteiger partial charge >= 0.3 is 12.0 Å². The van der Waals surface area contributed by atoms with Crippen LogP contribution in [0.5, 0.6) is 5.75 Å². The number of nitrogens with zero attached hydrogens (tertiary/aromatic N) is 1. The molecule has 2 aromatic heterocycles. The molecule has 0 saturated carbocycles. The van der Waals surface area contributed by atoms with Crippen LogP contribution in [0.15, 0.2) is 72.8 Å². The van der Waals surface area contributed by atoms with Crippen LogP contribution in [0.3, 0.4) is 0 Å². The quantitative estimate of drug-likeness (QED) is 0.439. The van der Waals surface area contributed by atoms with E-state index in [0.717, 1.165) is 5.56 Å². The van der Waals surface area contributed by atoms with Gasteiger partial charge in [-0.15, -0.1) is 0 Å². The molecular formula is C24H21FN4O4. The topological polar surface area (TPSA) is 116 Å². The van der Waals surface area contributed by atoms with Crippen molar-refractivity contribution in [1.82, 2.24) is 15.3 Å². The Bertz CT molecular complexity index is 1260. The number of hydrogen-bond acceptors (Lipinski definition) is 4. The van der Waals surface area contributed by atoms with E-state index < -0.39 is 17.8 Å². The zero-order valence-corrected chi connectivity index (χ0v) is 17.6. The largest absolute Gasteiger partial charge is 0.477 e. The van der Waals surface area contributed by atoms with Crippen molar-refractivity contribution >= 4 is 17.7 Å². The number of benzene rings is 1. The van der Waals surface area contributed by atoms with Gasteiger partial charge in [0.05, 0.1) is 17.4 Å². The number of nitrogens with one attached hydrogen (secondary N) is 3. The molecule has 1 unspecified atom stereocenters. The Labute approximate surface area is 188 Å². The third-order valence-corrected chi connectivity index (χ3v) is 4.93. The van der Waals surface area contributed by atoms with E-state index in [0.29, 0.717) is 29.2 Å². The van der Waals surface area contributed by atoms with Gasteiger partial charge in [-0.25, -0.2) is 14.0 Å². The third kappa shape index (κ3) is 5.45. The summed E-state index contributed by atoms with van der Waals surface area (Å²) in [5, 5.41) is 14.3. The van der Waals surface area contributed by atoms with E-state index in [1.807, 2.05) is 13.0 Å². The first-order chi connectivity index (χ1) is 15.9. The van der Waals surface area contributed by atoms with E-state index in [1.54, 1.807) is 48.8 Å². The van der Waals surface area contributed by atoms with E-state index in [9.17, 15) is 14.0 Å². The number of amides is 2. The molecule has 9 heteroatoms. The van der Waals surface area contributed by atoms with Crippen molar-refractivity contribution in [2.24, 2.45) is 0 Å². The molecule has 2 amide bonds. The molecule has 33 heavy (non-hydrogen) atoms. The molecule has 3 aromatic rings. The van der Waals surface area contributed by atoms with Crippen molar-refractivity contribution in [2.45, 2.75) is 19.4 Å². The fourth-order valence-corrected chi connectivity index (χ4v) is 3.28. The minimum atomic E-state index is -1.05. The van der Waals surface area contributed by atoms with Crippen molar-refractivity contribution in [3.63, 3.8) is 0 Å². The van der Waals surface area contributed by atoms with Crippen LogP contribution in [-0.2, 0) is 0 Å². The molecule has 4 rings (SSSR count). The highest BCUT2D eigenvalue weighted by atomic mass is 19.1. The summed E-state index contributed by atoms with van der Waals surface area (Å²) in [5.41, 5.74) is 2.23. The summed E-state index contributed by atoms with van der Waals surface area (Å²) >= 11 is 0. The predicted molar refractivity (Wildman–Crippen MR) is 121 cm³/mol. The number of allylic oxidation sites excluding steroid dienone is 1. The number of rotatable bonds is 6. The number of anilines is 1. The Morgan fingerprint density at radius 2 is 2.09 bits per heavy atom. The van der Waals surface area contributed by atoms with Crippen LogP contribution in [0.2, 0.25) is 0 Å². The zero-order valence-electron chi connectivity index (χ0n) is 17.6. The molecule has 1 aliphatic carbocycles. The monoisotopic (exact) mass is 448 g/mol. The van der Waals surface area contributed by atoms with Gasteiger partial charge in [-0.3, -0.25) is 4.98 Å². The molecule has 0 spiro atoms. The Kier molecular flexibility index (Phi) is 6.21. The highest BCUT2D eigenvalue weighted by Crippen LogP contribution is 2.25. The van der Waals surface area contributed by atoms with Gasteiger partial charge < -0.3 is 25.5 Å². The molecular weight excluding hydrogens is 427 g/mol. The van der Waals surface area contributed by atoms with Crippen molar-refractivity contribution in [1.29, 1.82) is 0 Å². The van der Waals surface area contributed by atoms with Crippen molar-refractivity contribution < 1.29 is 23.8 Å². The Morgan fingerprint density at radius 1 is 1.24 bits per heavy atom. The number of hydrogen-bond donors (Lipinski definition) is 4. The second-order valence-electron chi connectivity index (χ2n) is 7.48. The number of aryl methyl sites for hydroxylation is 1. The summed E-state index contributed by atoms with van der Waals surface area (Å²) in [5.74, 6) is -0.420. The molecule has 4 N–H and O–H groups in total. The van der Waals surface area contributed by atoms with Gasteiger partial charge in [0.15, 0.2) is 0 Å². The van der Waals surface area contributed by atoms with E-state index in [2.05, 4.69) is 20.6 Å². The molecule has 0 radical (unpaired) electrons. The minimum absolute atomic E-state index is 0.0729. The van der Waals surface area contributed by atoms with Gasteiger partial charge in [-0.2, -0.15) is 0 Å². The maximum absolute atomic E-state index is 13.8. The fraction of sp³-hybridized carbons (Fsp3) is 0.125. The maximum Gasteiger partial charge on any atom is 0.352 e. The number of halogens is 1. The van der Waals surface area contributed by atoms with Gasteiger partial charge in [-0.1, -0.05) is 12.1 Å². The summed E-state index contributed by atoms with van der Waals surface area (Å²) in [6.45, 7) is 1.82. The molecule has 1 aliphatic rings. The molecule has 2 heterocycles. The summed E-state index contributed by atoms with van der Waals surface area (Å²) in [6, 6.07) is 8.63. The average Bonchev–Trinajstić information content (AvgIpc) is 3.29. The summed E-state index contributed by atoms with van der Waals surface area (Å²) in [6.07, 6.45) is 8.99. The van der Waals surface area contributed by atoms with Crippen LogP contribution in [0.25, 0.3) is 11.3 Å². The number of carboxylic acid groups (broad SMARTS) is 1. The number of H-pyrrole nitrogens is 1. The number of urea groups is 1. The SMILES string of the molecule is Cc1ccc(F)c(NC(=O)NC2C=CC(Oc3ccnc(-c4c[nH]c(C(=O)O)c4)c3)=CC2)c1. The Morgan fingerprint density at radius 3 is 2.82 bits per heavy atom. The molecule has 1 aromatic carbocycles. The number of carbonyl (C=O) groups is 2. The number of aromatic amines is 1. The average molecular weight is 448 g/mol. The molecule has 0 saturated heterocycles. The molecule has 0 aliphatic heterocycles. The smallest absolute Gasteiger partial charge is 0.352 e. The number of ether oxygens (including phenoxy) is 1. The highest BCUT2D eigenvalue weighted by Gasteiger charge is 2.15. The summed E-state index contributed by atoms with van der Waals surface area (Å²) in [4.78, 5) is 30.2. The van der Waals surface area contributed by atoms with Crippen LogP contribution in [0.4, 0.5) is 14.9 Å². The second kappa shape index (κ2) is 9.39. The van der Waals surface area contributed by atoms with Crippen molar-refractivity contribution in [3.8, 4) is 17.0 Å². The van der Waals surface area contributed by atoms with Gasteiger partial charge in [0, 0.05) is 24.0 Å². The lowest BCUT2D eigenvalue weighted by Crippen LogP contribution is -2.37. The van der Waals surface area contributed by atoms with Crippen LogP contribution >= 0.6 is 0 Å². The predicted octanol–water partition coefficient (Wildman–Crippen LogP) is 4.64. The van der Waals surface area contributed by atoms with E-state index in [-0.39, 0.29) is 17.4 Å². The molecule has 0 fully saturated rings. The van der Waals surface area contributed by atoms with Crippen LogP contribution in [0.1, 0.15) is 22.5 Å². The van der Waals surface area contributed by atoms with Crippen molar-refractivity contribution in [3.05, 3.63) is 89.9 Å². The van der Waals surface area contributed by atoms with Crippen LogP contribution < -0.4 is 15.4 Å². The molecule has 0 bridgehead atoms. The maximum atomic E-state index is 13.8. The zero-order chi connectivity index (χ0) is 23.4. The number of pyridine rings is 1. The highest BCUT2D eigenvalue weighted by molar-refractivity contribution is 5.90.